The highest BCUT2D eigenvalue weighted by Crippen LogP contribution is 2.22. The molecule has 1 amide bonds. The van der Waals surface area contributed by atoms with Crippen LogP contribution in [0.3, 0.4) is 0 Å². The van der Waals surface area contributed by atoms with Crippen LogP contribution < -0.4 is 21.5 Å². The van der Waals surface area contributed by atoms with Gasteiger partial charge < -0.3 is 21.5 Å². The molecule has 12 heteroatoms. The number of benzene rings is 1. The molecule has 0 aliphatic rings. The smallest absolute Gasteiger partial charge is 0.326 e. The monoisotopic (exact) mass is 521 g/mol. The number of aliphatic imine (C=N–C) groups is 1. The molecule has 6 N–H and O–H groups in total. The van der Waals surface area contributed by atoms with Crippen LogP contribution in [-0.4, -0.2) is 52.0 Å². The highest BCUT2D eigenvalue weighted by molar-refractivity contribution is 7.89. The molecular weight excluding hydrogens is 490 g/mol. The van der Waals surface area contributed by atoms with Crippen molar-refractivity contribution in [1.82, 2.24) is 10.0 Å². The number of nitrogens with two attached hydrogens (primary N) is 2. The number of thiophene rings is 1. The molecule has 0 bridgehead atoms. The van der Waals surface area contributed by atoms with E-state index < -0.39 is 27.9 Å². The Morgan fingerprint density at radius 3 is 2.43 bits per heavy atom. The number of rotatable bonds is 11. The highest BCUT2D eigenvalue weighted by Gasteiger charge is 2.29. The number of carbonyl (C=O) groups excluding carboxylic acids is 2. The first-order chi connectivity index (χ1) is 16.4. The van der Waals surface area contributed by atoms with Gasteiger partial charge >= 0.3 is 5.97 Å². The lowest BCUT2D eigenvalue weighted by Gasteiger charge is -2.20. The van der Waals surface area contributed by atoms with E-state index in [9.17, 15) is 18.0 Å². The van der Waals surface area contributed by atoms with E-state index in [1.165, 1.54) is 11.3 Å². The molecule has 0 spiro atoms. The van der Waals surface area contributed by atoms with Gasteiger partial charge in [-0.05, 0) is 57.0 Å². The largest absolute Gasteiger partial charge is 0.465 e. The van der Waals surface area contributed by atoms with Gasteiger partial charge in [0.1, 0.15) is 6.04 Å². The number of ether oxygens (including phenoxy) is 1. The third-order valence-corrected chi connectivity index (χ3v) is 7.55. The van der Waals surface area contributed by atoms with E-state index >= 15 is 0 Å². The van der Waals surface area contributed by atoms with Crippen LogP contribution in [0.5, 0.6) is 0 Å². The summed E-state index contributed by atoms with van der Waals surface area (Å²) in [5.74, 6) is -1.25. The van der Waals surface area contributed by atoms with Gasteiger partial charge in [0.05, 0.1) is 22.9 Å². The summed E-state index contributed by atoms with van der Waals surface area (Å²) in [5, 5.41) is 2.61. The third-order valence-electron chi connectivity index (χ3n) is 4.72. The summed E-state index contributed by atoms with van der Waals surface area (Å²) in [4.78, 5) is 30.2. The fourth-order valence-corrected chi connectivity index (χ4v) is 5.92. The van der Waals surface area contributed by atoms with Gasteiger partial charge in [-0.2, -0.15) is 4.72 Å². The lowest BCUT2D eigenvalue weighted by atomic mass is 10.1. The maximum atomic E-state index is 13.1. The maximum Gasteiger partial charge on any atom is 0.326 e. The maximum absolute atomic E-state index is 13.1. The number of guanidine groups is 1. The summed E-state index contributed by atoms with van der Waals surface area (Å²) >= 11 is 1.22. The molecule has 0 fully saturated rings. The van der Waals surface area contributed by atoms with Crippen molar-refractivity contribution in [2.45, 2.75) is 38.6 Å². The molecule has 1 atom stereocenters. The molecule has 0 radical (unpaired) electrons. The molecule has 1 unspecified atom stereocenters. The zero-order valence-corrected chi connectivity index (χ0v) is 21.8. The number of esters is 1. The molecule has 0 aliphatic carbocycles. The molecule has 1 aromatic carbocycles. The van der Waals surface area contributed by atoms with Gasteiger partial charge in [0.15, 0.2) is 5.96 Å². The summed E-state index contributed by atoms with van der Waals surface area (Å²) < 4.78 is 33.7. The van der Waals surface area contributed by atoms with Gasteiger partial charge in [-0.15, -0.1) is 11.3 Å². The van der Waals surface area contributed by atoms with Crippen LogP contribution in [0.4, 0.5) is 0 Å². The predicted octanol–water partition coefficient (Wildman–Crippen LogP) is 1.60. The number of sulfonamides is 1. The zero-order chi connectivity index (χ0) is 26.2. The summed E-state index contributed by atoms with van der Waals surface area (Å²) in [6, 6.07) is 5.58. The van der Waals surface area contributed by atoms with Gasteiger partial charge in [0.2, 0.25) is 10.0 Å². The van der Waals surface area contributed by atoms with Crippen molar-refractivity contribution >= 4 is 45.3 Å². The highest BCUT2D eigenvalue weighted by atomic mass is 32.2. The van der Waals surface area contributed by atoms with Crippen molar-refractivity contribution in [2.75, 3.05) is 19.7 Å². The second-order valence-electron chi connectivity index (χ2n) is 7.73. The van der Waals surface area contributed by atoms with Crippen LogP contribution in [0.1, 0.15) is 38.2 Å². The van der Waals surface area contributed by atoms with Crippen molar-refractivity contribution in [3.63, 3.8) is 0 Å². The van der Waals surface area contributed by atoms with Crippen molar-refractivity contribution in [2.24, 2.45) is 16.5 Å². The van der Waals surface area contributed by atoms with Gasteiger partial charge in [-0.1, -0.05) is 23.8 Å². The molecule has 2 rings (SSSR count). The third kappa shape index (κ3) is 8.19. The first-order valence-corrected chi connectivity index (χ1v) is 13.1. The minimum absolute atomic E-state index is 0.0135. The lowest BCUT2D eigenvalue weighted by Crippen LogP contribution is -2.49. The van der Waals surface area contributed by atoms with E-state index in [-0.39, 0.29) is 24.0 Å². The molecule has 35 heavy (non-hydrogen) atoms. The Balaban J connectivity index is 2.14. The van der Waals surface area contributed by atoms with Gasteiger partial charge in [0, 0.05) is 11.4 Å². The van der Waals surface area contributed by atoms with E-state index in [1.807, 2.05) is 6.92 Å². The topological polar surface area (TPSA) is 166 Å². The van der Waals surface area contributed by atoms with Crippen molar-refractivity contribution in [3.05, 3.63) is 56.8 Å². The summed E-state index contributed by atoms with van der Waals surface area (Å²) in [6.45, 7) is 6.96. The van der Waals surface area contributed by atoms with Crippen LogP contribution in [0, 0.1) is 20.8 Å². The van der Waals surface area contributed by atoms with Gasteiger partial charge in [-0.25, -0.2) is 13.4 Å². The molecular formula is C23H31N5O5S2. The van der Waals surface area contributed by atoms with Crippen LogP contribution in [0.15, 0.2) is 40.2 Å². The number of nitrogens with one attached hydrogen (secondary N) is 2. The Morgan fingerprint density at radius 2 is 1.83 bits per heavy atom. The van der Waals surface area contributed by atoms with Crippen LogP contribution in [0.2, 0.25) is 0 Å². The minimum atomic E-state index is -4.07. The minimum Gasteiger partial charge on any atom is -0.465 e. The first kappa shape index (κ1) is 28.0. The van der Waals surface area contributed by atoms with Gasteiger partial charge in [-0.3, -0.25) is 9.59 Å². The fourth-order valence-electron chi connectivity index (χ4n) is 3.43. The number of nitrogens with zero attached hydrogens (tertiary/aromatic N) is 1. The zero-order valence-electron chi connectivity index (χ0n) is 20.1. The Morgan fingerprint density at radius 1 is 1.17 bits per heavy atom. The van der Waals surface area contributed by atoms with E-state index in [0.717, 1.165) is 10.4 Å². The van der Waals surface area contributed by atoms with Crippen molar-refractivity contribution in [3.8, 4) is 0 Å². The molecule has 0 aliphatic heterocycles. The average Bonchev–Trinajstić information content (AvgIpc) is 3.22. The second-order valence-corrected chi connectivity index (χ2v) is 10.5. The molecule has 2 aromatic rings. The SMILES string of the molecule is CCOC(=O)C(CNC(=O)c1ccc(C=CCN=C(N)N)s1)NS(=O)(=O)c1c(C)cc(C)cc1C. The predicted molar refractivity (Wildman–Crippen MR) is 138 cm³/mol. The Bertz CT molecular complexity index is 1210. The standard InChI is InChI=1S/C23H31N5O5S2/c1-5-33-22(30)18(28-35(31,32)20-15(3)11-14(2)12-16(20)4)13-27-21(29)19-9-8-17(34-19)7-6-10-26-23(24)25/h6-9,11-12,18,28H,5,10,13H2,1-4H3,(H,27,29)(H4,24,25,26). The van der Waals surface area contributed by atoms with E-state index in [1.54, 1.807) is 57.2 Å². The number of carbonyl (C=O) groups is 2. The summed E-state index contributed by atoms with van der Waals surface area (Å²) in [6.07, 6.45) is 3.52. The van der Waals surface area contributed by atoms with Gasteiger partial charge in [0.25, 0.3) is 5.91 Å². The average molecular weight is 522 g/mol. The molecule has 190 valence electrons. The quantitative estimate of drug-likeness (QED) is 0.198. The van der Waals surface area contributed by atoms with Crippen LogP contribution in [-0.2, 0) is 19.6 Å². The van der Waals surface area contributed by atoms with E-state index in [2.05, 4.69) is 15.0 Å². The number of hydrogen-bond donors (Lipinski definition) is 4. The van der Waals surface area contributed by atoms with Crippen LogP contribution >= 0.6 is 11.3 Å². The Labute approximate surface area is 209 Å². The summed E-state index contributed by atoms with van der Waals surface area (Å²) in [5.41, 5.74) is 12.6. The van der Waals surface area contributed by atoms with E-state index in [0.29, 0.717) is 22.5 Å². The first-order valence-electron chi connectivity index (χ1n) is 10.8. The number of aryl methyl sites for hydroxylation is 3. The molecule has 1 aromatic heterocycles. The normalized spacial score (nSPS) is 12.3. The molecule has 1 heterocycles. The van der Waals surface area contributed by atoms with Crippen molar-refractivity contribution < 1.29 is 22.7 Å². The summed E-state index contributed by atoms with van der Waals surface area (Å²) in [7, 11) is -4.07. The number of amides is 1. The Kier molecular flexibility index (Phi) is 9.99. The fraction of sp³-hybridized carbons (Fsp3) is 0.348. The lowest BCUT2D eigenvalue weighted by molar-refractivity contribution is -0.144. The molecule has 10 nitrogen and oxygen atoms in total. The number of hydrogen-bond acceptors (Lipinski definition) is 7. The second kappa shape index (κ2) is 12.5. The van der Waals surface area contributed by atoms with Crippen molar-refractivity contribution in [1.29, 1.82) is 0 Å². The molecule has 0 saturated carbocycles. The van der Waals surface area contributed by atoms with Crippen LogP contribution in [0.25, 0.3) is 6.08 Å². The van der Waals surface area contributed by atoms with E-state index in [4.69, 9.17) is 16.2 Å². The Hall–Kier alpha value is -3.22. The molecule has 0 saturated heterocycles.